The van der Waals surface area contributed by atoms with Gasteiger partial charge in [0.1, 0.15) is 0 Å². The second-order valence-corrected chi connectivity index (χ2v) is 4.52. The molecule has 0 spiro atoms. The average Bonchev–Trinajstić information content (AvgIpc) is 2.26. The Labute approximate surface area is 140 Å². The van der Waals surface area contributed by atoms with Gasteiger partial charge in [0.2, 0.25) is 5.91 Å². The van der Waals surface area contributed by atoms with E-state index in [4.69, 9.17) is 0 Å². The monoisotopic (exact) mass is 424 g/mol. The number of carbonyl (C=O) groups excluding carboxylic acids is 1. The highest BCUT2D eigenvalue weighted by atomic mass is 127. The molecule has 0 aromatic rings. The van der Waals surface area contributed by atoms with Crippen molar-refractivity contribution in [2.75, 3.05) is 19.6 Å². The first-order chi connectivity index (χ1) is 9.24. The van der Waals surface area contributed by atoms with Crippen molar-refractivity contribution in [2.24, 2.45) is 4.99 Å². The number of hydrogen-bond donors (Lipinski definition) is 3. The quantitative estimate of drug-likeness (QED) is 0.333. The van der Waals surface area contributed by atoms with Crippen LogP contribution in [0.15, 0.2) is 4.99 Å². The van der Waals surface area contributed by atoms with Crippen LogP contribution < -0.4 is 16.0 Å². The number of nitrogens with zero attached hydrogens (tertiary/aromatic N) is 1. The molecule has 0 aromatic carbocycles. The van der Waals surface area contributed by atoms with Crippen molar-refractivity contribution in [1.29, 1.82) is 0 Å². The number of halogens is 4. The maximum absolute atomic E-state index is 12.0. The Morgan fingerprint density at radius 1 is 1.24 bits per heavy atom. The van der Waals surface area contributed by atoms with Crippen LogP contribution in [-0.4, -0.2) is 43.7 Å². The van der Waals surface area contributed by atoms with Crippen molar-refractivity contribution < 1.29 is 18.0 Å². The van der Waals surface area contributed by atoms with E-state index >= 15 is 0 Å². The molecule has 0 saturated heterocycles. The normalized spacial score (nSPS) is 11.9. The van der Waals surface area contributed by atoms with Crippen molar-refractivity contribution in [1.82, 2.24) is 16.0 Å². The number of rotatable bonds is 7. The minimum absolute atomic E-state index is 0. The Morgan fingerprint density at radius 3 is 2.33 bits per heavy atom. The molecule has 0 bridgehead atoms. The minimum Gasteiger partial charge on any atom is -0.357 e. The first-order valence-corrected chi connectivity index (χ1v) is 6.63. The number of aliphatic imine (C=N–C) groups is 1. The first-order valence-electron chi connectivity index (χ1n) is 6.63. The molecule has 0 radical (unpaired) electrons. The fraction of sp³-hybridized carbons (Fsp3) is 0.833. The van der Waals surface area contributed by atoms with E-state index in [1.54, 1.807) is 0 Å². The van der Waals surface area contributed by atoms with Crippen LogP contribution >= 0.6 is 24.0 Å². The van der Waals surface area contributed by atoms with E-state index in [0.717, 1.165) is 0 Å². The zero-order valence-electron chi connectivity index (χ0n) is 12.5. The fourth-order valence-electron chi connectivity index (χ4n) is 1.32. The molecule has 0 heterocycles. The predicted octanol–water partition coefficient (Wildman–Crippen LogP) is 2.03. The molecule has 0 aliphatic rings. The Bertz CT molecular complexity index is 322. The van der Waals surface area contributed by atoms with Crippen molar-refractivity contribution in [3.63, 3.8) is 0 Å². The van der Waals surface area contributed by atoms with Crippen molar-refractivity contribution in [2.45, 2.75) is 45.8 Å². The van der Waals surface area contributed by atoms with Gasteiger partial charge in [0, 0.05) is 25.6 Å². The number of carbonyl (C=O) groups is 1. The standard InChI is InChI=1S/C12H23F3N4O.HI/c1-4-16-11(18-8-6-12(13,14)15)17-7-5-10(20)19-9(2)3;/h9H,4-8H2,1-3H3,(H,19,20)(H2,16,17,18);1H. The summed E-state index contributed by atoms with van der Waals surface area (Å²) in [7, 11) is 0. The van der Waals surface area contributed by atoms with Crippen LogP contribution in [0.1, 0.15) is 33.6 Å². The number of nitrogens with one attached hydrogen (secondary N) is 3. The Hall–Kier alpha value is -0.740. The fourth-order valence-corrected chi connectivity index (χ4v) is 1.32. The van der Waals surface area contributed by atoms with Crippen molar-refractivity contribution >= 4 is 35.8 Å². The predicted molar refractivity (Wildman–Crippen MR) is 88.0 cm³/mol. The molecule has 21 heavy (non-hydrogen) atoms. The average molecular weight is 424 g/mol. The van der Waals surface area contributed by atoms with Gasteiger partial charge in [-0.3, -0.25) is 9.79 Å². The molecule has 5 nitrogen and oxygen atoms in total. The molecule has 0 atom stereocenters. The van der Waals surface area contributed by atoms with E-state index in [-0.39, 0.29) is 54.9 Å². The summed E-state index contributed by atoms with van der Waals surface area (Å²) in [6, 6.07) is 0.0659. The van der Waals surface area contributed by atoms with Crippen LogP contribution in [0.4, 0.5) is 13.2 Å². The van der Waals surface area contributed by atoms with E-state index in [0.29, 0.717) is 13.1 Å². The molecule has 126 valence electrons. The minimum atomic E-state index is -4.21. The van der Waals surface area contributed by atoms with E-state index in [1.165, 1.54) is 0 Å². The maximum Gasteiger partial charge on any atom is 0.390 e. The molecule has 0 aliphatic heterocycles. The van der Waals surface area contributed by atoms with Crippen LogP contribution in [-0.2, 0) is 4.79 Å². The zero-order chi connectivity index (χ0) is 15.6. The van der Waals surface area contributed by atoms with Gasteiger partial charge < -0.3 is 16.0 Å². The highest BCUT2D eigenvalue weighted by Gasteiger charge is 2.26. The Kier molecular flexibility index (Phi) is 12.7. The van der Waals surface area contributed by atoms with E-state index < -0.39 is 12.6 Å². The summed E-state index contributed by atoms with van der Waals surface area (Å²) in [4.78, 5) is 15.2. The third-order valence-corrected chi connectivity index (χ3v) is 2.10. The second kappa shape index (κ2) is 11.9. The Morgan fingerprint density at radius 2 is 1.86 bits per heavy atom. The first kappa shape index (κ1) is 22.5. The molecule has 0 saturated carbocycles. The summed E-state index contributed by atoms with van der Waals surface area (Å²) in [5.74, 6) is 0.174. The van der Waals surface area contributed by atoms with Gasteiger partial charge in [0.15, 0.2) is 5.96 Å². The lowest BCUT2D eigenvalue weighted by atomic mass is 10.3. The van der Waals surface area contributed by atoms with Gasteiger partial charge in [-0.25, -0.2) is 0 Å². The lowest BCUT2D eigenvalue weighted by Crippen LogP contribution is -2.40. The summed E-state index contributed by atoms with van der Waals surface area (Å²) >= 11 is 0. The largest absolute Gasteiger partial charge is 0.390 e. The molecule has 1 amide bonds. The highest BCUT2D eigenvalue weighted by molar-refractivity contribution is 14.0. The maximum atomic E-state index is 12.0. The lowest BCUT2D eigenvalue weighted by molar-refractivity contribution is -0.132. The van der Waals surface area contributed by atoms with Crippen LogP contribution in [0.2, 0.25) is 0 Å². The summed E-state index contributed by atoms with van der Waals surface area (Å²) in [6.07, 6.45) is -4.93. The van der Waals surface area contributed by atoms with Gasteiger partial charge in [-0.1, -0.05) is 0 Å². The van der Waals surface area contributed by atoms with E-state index in [1.807, 2.05) is 20.8 Å². The highest BCUT2D eigenvalue weighted by Crippen LogP contribution is 2.18. The number of alkyl halides is 3. The van der Waals surface area contributed by atoms with Gasteiger partial charge in [-0.15, -0.1) is 24.0 Å². The van der Waals surface area contributed by atoms with Crippen LogP contribution in [0.5, 0.6) is 0 Å². The summed E-state index contributed by atoms with van der Waals surface area (Å²) in [6.45, 7) is 6.04. The Balaban J connectivity index is 0. The summed E-state index contributed by atoms with van der Waals surface area (Å²) < 4.78 is 36.0. The lowest BCUT2D eigenvalue weighted by Gasteiger charge is -2.12. The molecule has 9 heteroatoms. The van der Waals surface area contributed by atoms with Gasteiger partial charge in [-0.05, 0) is 20.8 Å². The summed E-state index contributed by atoms with van der Waals surface area (Å²) in [5, 5.41) is 8.37. The van der Waals surface area contributed by atoms with E-state index in [9.17, 15) is 18.0 Å². The van der Waals surface area contributed by atoms with Gasteiger partial charge in [0.25, 0.3) is 0 Å². The van der Waals surface area contributed by atoms with Gasteiger partial charge in [-0.2, -0.15) is 13.2 Å². The third-order valence-electron chi connectivity index (χ3n) is 2.10. The van der Waals surface area contributed by atoms with E-state index in [2.05, 4.69) is 20.9 Å². The number of hydrogen-bond acceptors (Lipinski definition) is 2. The van der Waals surface area contributed by atoms with Crippen molar-refractivity contribution in [3.05, 3.63) is 0 Å². The summed E-state index contributed by atoms with van der Waals surface area (Å²) in [5.41, 5.74) is 0. The third kappa shape index (κ3) is 15.5. The smallest absolute Gasteiger partial charge is 0.357 e. The van der Waals surface area contributed by atoms with Crippen LogP contribution in [0.25, 0.3) is 0 Å². The second-order valence-electron chi connectivity index (χ2n) is 4.52. The van der Waals surface area contributed by atoms with Gasteiger partial charge in [0.05, 0.1) is 13.0 Å². The molecule has 0 aliphatic carbocycles. The molecular weight excluding hydrogens is 400 g/mol. The zero-order valence-corrected chi connectivity index (χ0v) is 14.8. The molecule has 0 rings (SSSR count). The number of guanidine groups is 1. The molecule has 0 unspecified atom stereocenters. The van der Waals surface area contributed by atoms with Crippen molar-refractivity contribution in [3.8, 4) is 0 Å². The SMILES string of the molecule is CCNC(=NCCC(F)(F)F)NCCC(=O)NC(C)C.I. The molecule has 0 aromatic heterocycles. The van der Waals surface area contributed by atoms with Crippen LogP contribution in [0.3, 0.4) is 0 Å². The topological polar surface area (TPSA) is 65.5 Å². The molecular formula is C12H24F3IN4O. The molecule has 0 fully saturated rings. The van der Waals surface area contributed by atoms with Crippen LogP contribution in [0, 0.1) is 0 Å². The molecule has 3 N–H and O–H groups in total. The number of amides is 1. The van der Waals surface area contributed by atoms with Gasteiger partial charge >= 0.3 is 6.18 Å².